The number of rotatable bonds is 3. The minimum atomic E-state index is 0.226. The molecule has 21 heavy (non-hydrogen) atoms. The van der Waals surface area contributed by atoms with Gasteiger partial charge >= 0.3 is 0 Å². The Kier molecular flexibility index (Phi) is 3.00. The zero-order chi connectivity index (χ0) is 14.2. The molecule has 0 radical (unpaired) electrons. The fourth-order valence-electron chi connectivity index (χ4n) is 2.70. The Labute approximate surface area is 126 Å². The number of carbonyl (C=O) groups is 1. The molecular weight excluding hydrogens is 284 g/mol. The van der Waals surface area contributed by atoms with Crippen LogP contribution >= 0.6 is 11.3 Å². The number of Topliss-reactive ketones (excluding diaryl/α,β-unsaturated/α-hetero) is 1. The first-order valence-corrected chi connectivity index (χ1v) is 7.87. The van der Waals surface area contributed by atoms with Crippen molar-refractivity contribution in [3.8, 4) is 5.75 Å². The Bertz CT molecular complexity index is 790. The third-order valence-corrected chi connectivity index (χ3v) is 4.53. The number of carbonyl (C=O) groups excluding carboxylic acids is 1. The van der Waals surface area contributed by atoms with E-state index in [9.17, 15) is 4.79 Å². The Morgan fingerprint density at radius 2 is 2.29 bits per heavy atom. The Morgan fingerprint density at radius 1 is 1.33 bits per heavy atom. The fourth-order valence-corrected chi connectivity index (χ4v) is 3.42. The van der Waals surface area contributed by atoms with Crippen LogP contribution in [0.15, 0.2) is 36.0 Å². The van der Waals surface area contributed by atoms with E-state index in [1.54, 1.807) is 11.3 Å². The van der Waals surface area contributed by atoms with Crippen LogP contribution < -0.4 is 4.74 Å². The molecular formula is C16H14N2O2S. The minimum absolute atomic E-state index is 0.226. The summed E-state index contributed by atoms with van der Waals surface area (Å²) >= 11 is 1.60. The van der Waals surface area contributed by atoms with E-state index >= 15 is 0 Å². The second-order valence-corrected chi connectivity index (χ2v) is 6.08. The summed E-state index contributed by atoms with van der Waals surface area (Å²) in [5.74, 6) is 0.963. The molecule has 0 saturated carbocycles. The van der Waals surface area contributed by atoms with Crippen molar-refractivity contribution in [1.82, 2.24) is 9.38 Å². The molecule has 1 aromatic carbocycles. The predicted molar refractivity (Wildman–Crippen MR) is 81.1 cm³/mol. The van der Waals surface area contributed by atoms with Gasteiger partial charge in [-0.05, 0) is 30.5 Å². The van der Waals surface area contributed by atoms with Crippen LogP contribution in [0.3, 0.4) is 0 Å². The van der Waals surface area contributed by atoms with Crippen LogP contribution in [0, 0.1) is 0 Å². The molecule has 0 bridgehead atoms. The smallest absolute Gasteiger partial charge is 0.193 e. The number of aromatic nitrogens is 2. The van der Waals surface area contributed by atoms with E-state index in [1.807, 2.05) is 40.4 Å². The maximum Gasteiger partial charge on any atom is 0.193 e. The molecule has 106 valence electrons. The molecule has 1 aliphatic rings. The van der Waals surface area contributed by atoms with Crippen molar-refractivity contribution in [1.29, 1.82) is 0 Å². The SMILES string of the molecule is O=C1CCCc2ccc(OCc3cn4ccsc4n3)cc21. The van der Waals surface area contributed by atoms with Gasteiger partial charge in [0.05, 0.1) is 5.69 Å². The third kappa shape index (κ3) is 2.34. The number of aryl methyl sites for hydroxylation is 1. The predicted octanol–water partition coefficient (Wildman–Crippen LogP) is 3.49. The number of imidazole rings is 1. The Balaban J connectivity index is 1.53. The third-order valence-electron chi connectivity index (χ3n) is 3.76. The molecule has 0 fully saturated rings. The first kappa shape index (κ1) is 12.6. The van der Waals surface area contributed by atoms with Gasteiger partial charge in [0.2, 0.25) is 0 Å². The molecule has 4 nitrogen and oxygen atoms in total. The van der Waals surface area contributed by atoms with Gasteiger partial charge in [-0.3, -0.25) is 9.20 Å². The second kappa shape index (κ2) is 5.00. The van der Waals surface area contributed by atoms with Crippen LogP contribution in [0.25, 0.3) is 4.96 Å². The molecule has 3 aromatic rings. The average Bonchev–Trinajstić information content (AvgIpc) is 3.07. The van der Waals surface area contributed by atoms with Crippen LogP contribution in [-0.4, -0.2) is 15.2 Å². The number of fused-ring (bicyclic) bond motifs is 2. The van der Waals surface area contributed by atoms with E-state index in [1.165, 1.54) is 0 Å². The number of ketones is 1. The molecule has 0 atom stereocenters. The maximum atomic E-state index is 11.9. The molecule has 0 spiro atoms. The van der Waals surface area contributed by atoms with Gasteiger partial charge in [0.1, 0.15) is 12.4 Å². The zero-order valence-corrected chi connectivity index (χ0v) is 12.2. The van der Waals surface area contributed by atoms with E-state index in [0.29, 0.717) is 13.0 Å². The number of benzene rings is 1. The van der Waals surface area contributed by atoms with E-state index in [2.05, 4.69) is 4.98 Å². The molecule has 0 unspecified atom stereocenters. The van der Waals surface area contributed by atoms with Gasteiger partial charge in [0, 0.05) is 29.8 Å². The molecule has 0 aliphatic heterocycles. The first-order valence-electron chi connectivity index (χ1n) is 6.99. The normalized spacial score (nSPS) is 14.4. The van der Waals surface area contributed by atoms with E-state index in [0.717, 1.165) is 40.4 Å². The second-order valence-electron chi connectivity index (χ2n) is 5.21. The van der Waals surface area contributed by atoms with E-state index in [-0.39, 0.29) is 5.78 Å². The standard InChI is InChI=1S/C16H14N2O2S/c19-15-3-1-2-11-4-5-13(8-14(11)15)20-10-12-9-18-6-7-21-16(18)17-12/h4-9H,1-3,10H2. The highest BCUT2D eigenvalue weighted by Gasteiger charge is 2.17. The van der Waals surface area contributed by atoms with E-state index < -0.39 is 0 Å². The van der Waals surface area contributed by atoms with Gasteiger partial charge in [-0.1, -0.05) is 6.07 Å². The lowest BCUT2D eigenvalue weighted by Crippen LogP contribution is -2.10. The van der Waals surface area contributed by atoms with Crippen molar-refractivity contribution in [3.63, 3.8) is 0 Å². The number of ether oxygens (including phenoxy) is 1. The van der Waals surface area contributed by atoms with E-state index in [4.69, 9.17) is 4.74 Å². The van der Waals surface area contributed by atoms with Crippen molar-refractivity contribution < 1.29 is 9.53 Å². The number of thiazole rings is 1. The summed E-state index contributed by atoms with van der Waals surface area (Å²) in [5.41, 5.74) is 2.86. The van der Waals surface area contributed by atoms with Crippen LogP contribution in [0.5, 0.6) is 5.75 Å². The summed E-state index contributed by atoms with van der Waals surface area (Å²) in [7, 11) is 0. The topological polar surface area (TPSA) is 43.6 Å². The number of hydrogen-bond acceptors (Lipinski definition) is 4. The molecule has 0 N–H and O–H groups in total. The van der Waals surface area contributed by atoms with Crippen molar-refractivity contribution in [3.05, 3.63) is 52.8 Å². The van der Waals surface area contributed by atoms with Gasteiger partial charge in [-0.2, -0.15) is 0 Å². The first-order chi connectivity index (χ1) is 10.3. The van der Waals surface area contributed by atoms with Gasteiger partial charge < -0.3 is 4.74 Å². The number of nitrogens with zero attached hydrogens (tertiary/aromatic N) is 2. The summed E-state index contributed by atoms with van der Waals surface area (Å²) in [5, 5.41) is 2.00. The van der Waals surface area contributed by atoms with Crippen LogP contribution in [0.1, 0.15) is 34.5 Å². The monoisotopic (exact) mass is 298 g/mol. The highest BCUT2D eigenvalue weighted by molar-refractivity contribution is 7.15. The molecule has 0 amide bonds. The molecule has 2 heterocycles. The lowest BCUT2D eigenvalue weighted by atomic mass is 9.90. The summed E-state index contributed by atoms with van der Waals surface area (Å²) in [4.78, 5) is 17.4. The average molecular weight is 298 g/mol. The van der Waals surface area contributed by atoms with Crippen molar-refractivity contribution in [2.24, 2.45) is 0 Å². The summed E-state index contributed by atoms with van der Waals surface area (Å²) in [6.45, 7) is 0.418. The largest absolute Gasteiger partial charge is 0.487 e. The fraction of sp³-hybridized carbons (Fsp3) is 0.250. The summed E-state index contributed by atoms with van der Waals surface area (Å²) in [6, 6.07) is 5.82. The molecule has 4 rings (SSSR count). The van der Waals surface area contributed by atoms with Gasteiger partial charge in [-0.25, -0.2) is 4.98 Å². The zero-order valence-electron chi connectivity index (χ0n) is 11.4. The van der Waals surface area contributed by atoms with Crippen molar-refractivity contribution in [2.75, 3.05) is 0 Å². The lowest BCUT2D eigenvalue weighted by Gasteiger charge is -2.15. The summed E-state index contributed by atoms with van der Waals surface area (Å²) in [6.07, 6.45) is 6.54. The Morgan fingerprint density at radius 3 is 3.19 bits per heavy atom. The van der Waals surface area contributed by atoms with Crippen LogP contribution in [-0.2, 0) is 13.0 Å². The molecule has 1 aliphatic carbocycles. The highest BCUT2D eigenvalue weighted by atomic mass is 32.1. The van der Waals surface area contributed by atoms with Gasteiger partial charge in [-0.15, -0.1) is 11.3 Å². The Hall–Kier alpha value is -2.14. The molecule has 0 saturated heterocycles. The molecule has 5 heteroatoms. The van der Waals surface area contributed by atoms with Gasteiger partial charge in [0.15, 0.2) is 10.7 Å². The maximum absolute atomic E-state index is 11.9. The van der Waals surface area contributed by atoms with Crippen LogP contribution in [0.4, 0.5) is 0 Å². The molecule has 2 aromatic heterocycles. The van der Waals surface area contributed by atoms with Crippen molar-refractivity contribution in [2.45, 2.75) is 25.9 Å². The minimum Gasteiger partial charge on any atom is -0.487 e. The lowest BCUT2D eigenvalue weighted by molar-refractivity contribution is 0.0972. The highest BCUT2D eigenvalue weighted by Crippen LogP contribution is 2.26. The van der Waals surface area contributed by atoms with Gasteiger partial charge in [0.25, 0.3) is 0 Å². The quantitative estimate of drug-likeness (QED) is 0.743. The van der Waals surface area contributed by atoms with Crippen molar-refractivity contribution >= 4 is 22.1 Å². The number of hydrogen-bond donors (Lipinski definition) is 0. The van der Waals surface area contributed by atoms with Crippen LogP contribution in [0.2, 0.25) is 0 Å². The summed E-state index contributed by atoms with van der Waals surface area (Å²) < 4.78 is 7.77.